The number of rotatable bonds is 3. The molecular formula is C10H13N2O2P. The van der Waals surface area contributed by atoms with E-state index in [2.05, 4.69) is 20.5 Å². The number of esters is 1. The van der Waals surface area contributed by atoms with Crippen LogP contribution in [0.2, 0.25) is 0 Å². The topological polar surface area (TPSA) is 44.1 Å². The molecule has 0 fully saturated rings. The van der Waals surface area contributed by atoms with Crippen molar-refractivity contribution in [2.75, 3.05) is 6.61 Å². The lowest BCUT2D eigenvalue weighted by Gasteiger charge is -2.02. The monoisotopic (exact) mass is 224 g/mol. The van der Waals surface area contributed by atoms with E-state index >= 15 is 0 Å². The predicted molar refractivity (Wildman–Crippen MR) is 60.6 cm³/mol. The number of allylic oxidation sites excluding steroid dienone is 2. The Balaban J connectivity index is 2.37. The molecule has 80 valence electrons. The molecule has 1 aliphatic carbocycles. The van der Waals surface area contributed by atoms with Gasteiger partial charge in [-0.1, -0.05) is 6.08 Å². The maximum atomic E-state index is 11.5. The number of carbonyl (C=O) groups excluding carboxylic acids is 1. The smallest absolute Gasteiger partial charge is 0.374 e. The highest BCUT2D eigenvalue weighted by atomic mass is 31.0. The van der Waals surface area contributed by atoms with Crippen LogP contribution in [-0.2, 0) is 4.74 Å². The lowest BCUT2D eigenvalue weighted by molar-refractivity contribution is 0.0511. The standard InChI is InChI=1S/C10H13N2O2P/c1-3-14-10(13)9-11-6(2)8(12(9)15)7-4-5-7/h4H,3,5,15H2,1-2H3. The van der Waals surface area contributed by atoms with E-state index in [4.69, 9.17) is 4.74 Å². The molecule has 0 saturated heterocycles. The highest BCUT2D eigenvalue weighted by Gasteiger charge is 2.23. The summed E-state index contributed by atoms with van der Waals surface area (Å²) < 4.78 is 6.65. The van der Waals surface area contributed by atoms with Gasteiger partial charge in [0.15, 0.2) is 0 Å². The van der Waals surface area contributed by atoms with Crippen molar-refractivity contribution in [1.29, 1.82) is 0 Å². The second-order valence-electron chi connectivity index (χ2n) is 3.39. The summed E-state index contributed by atoms with van der Waals surface area (Å²) in [5.41, 5.74) is 3.13. The fraction of sp³-hybridized carbons (Fsp3) is 0.400. The van der Waals surface area contributed by atoms with Gasteiger partial charge in [0, 0.05) is 0 Å². The van der Waals surface area contributed by atoms with Crippen LogP contribution in [0.1, 0.15) is 35.4 Å². The van der Waals surface area contributed by atoms with E-state index < -0.39 is 0 Å². The van der Waals surface area contributed by atoms with Gasteiger partial charge in [0.25, 0.3) is 0 Å². The second kappa shape index (κ2) is 3.78. The summed E-state index contributed by atoms with van der Waals surface area (Å²) in [5.74, 6) is -0.0229. The summed E-state index contributed by atoms with van der Waals surface area (Å²) in [6.45, 7) is 4.05. The zero-order chi connectivity index (χ0) is 11.0. The number of aryl methyl sites for hydroxylation is 1. The molecule has 0 saturated carbocycles. The first-order valence-electron chi connectivity index (χ1n) is 4.86. The molecule has 1 aliphatic rings. The fourth-order valence-electron chi connectivity index (χ4n) is 1.52. The SMILES string of the molecule is CCOC(=O)c1nc(C)c(C2=CC2)n1P. The van der Waals surface area contributed by atoms with Crippen LogP contribution in [0.3, 0.4) is 0 Å². The van der Waals surface area contributed by atoms with Crippen LogP contribution in [0.15, 0.2) is 6.08 Å². The van der Waals surface area contributed by atoms with Crippen LogP contribution in [-0.4, -0.2) is 21.9 Å². The van der Waals surface area contributed by atoms with Gasteiger partial charge in [-0.3, -0.25) is 0 Å². The minimum absolute atomic E-state index is 0.349. The molecule has 2 rings (SSSR count). The lowest BCUT2D eigenvalue weighted by Crippen LogP contribution is -2.09. The van der Waals surface area contributed by atoms with Crippen LogP contribution in [0.25, 0.3) is 5.57 Å². The molecule has 0 bridgehead atoms. The Morgan fingerprint density at radius 3 is 2.93 bits per heavy atom. The van der Waals surface area contributed by atoms with Crippen molar-refractivity contribution in [3.05, 3.63) is 23.3 Å². The van der Waals surface area contributed by atoms with Crippen molar-refractivity contribution in [3.8, 4) is 0 Å². The maximum Gasteiger partial charge on any atom is 0.374 e. The number of aromatic nitrogens is 2. The van der Waals surface area contributed by atoms with Crippen LogP contribution in [0, 0.1) is 6.92 Å². The molecule has 5 heteroatoms. The van der Waals surface area contributed by atoms with Crippen molar-refractivity contribution < 1.29 is 9.53 Å². The molecular weight excluding hydrogens is 211 g/mol. The molecule has 0 aromatic carbocycles. The average molecular weight is 224 g/mol. The van der Waals surface area contributed by atoms with E-state index in [0.29, 0.717) is 12.4 Å². The van der Waals surface area contributed by atoms with Gasteiger partial charge < -0.3 is 9.07 Å². The van der Waals surface area contributed by atoms with Crippen molar-refractivity contribution in [2.45, 2.75) is 20.3 Å². The third-order valence-corrected chi connectivity index (χ3v) is 2.76. The van der Waals surface area contributed by atoms with Gasteiger partial charge in [0.2, 0.25) is 5.82 Å². The van der Waals surface area contributed by atoms with Crippen molar-refractivity contribution in [3.63, 3.8) is 0 Å². The number of nitrogens with zero attached hydrogens (tertiary/aromatic N) is 2. The molecule has 0 radical (unpaired) electrons. The molecule has 4 nitrogen and oxygen atoms in total. The Bertz CT molecular complexity index is 449. The summed E-state index contributed by atoms with van der Waals surface area (Å²) in [7, 11) is 2.50. The van der Waals surface area contributed by atoms with E-state index in [9.17, 15) is 4.79 Å². The van der Waals surface area contributed by atoms with Gasteiger partial charge in [-0.2, -0.15) is 0 Å². The Hall–Kier alpha value is -1.15. The molecule has 0 aliphatic heterocycles. The first-order chi connectivity index (χ1) is 7.15. The van der Waals surface area contributed by atoms with Crippen molar-refractivity contribution >= 4 is 20.9 Å². The van der Waals surface area contributed by atoms with Gasteiger partial charge in [-0.25, -0.2) is 9.78 Å². The third-order valence-electron chi connectivity index (χ3n) is 2.26. The molecule has 0 N–H and O–H groups in total. The van der Waals surface area contributed by atoms with Crippen LogP contribution in [0.4, 0.5) is 0 Å². The molecule has 15 heavy (non-hydrogen) atoms. The van der Waals surface area contributed by atoms with Crippen molar-refractivity contribution in [2.24, 2.45) is 0 Å². The van der Waals surface area contributed by atoms with E-state index in [1.165, 1.54) is 5.57 Å². The average Bonchev–Trinajstić information content (AvgIpc) is 2.95. The molecule has 1 aromatic rings. The van der Waals surface area contributed by atoms with Gasteiger partial charge >= 0.3 is 5.97 Å². The second-order valence-corrected chi connectivity index (χ2v) is 3.91. The molecule has 1 heterocycles. The van der Waals surface area contributed by atoms with E-state index in [1.807, 2.05) is 6.92 Å². The minimum Gasteiger partial charge on any atom is -0.460 e. The number of ether oxygens (including phenoxy) is 1. The Morgan fingerprint density at radius 1 is 1.73 bits per heavy atom. The number of hydrogen-bond acceptors (Lipinski definition) is 3. The summed E-state index contributed by atoms with van der Waals surface area (Å²) >= 11 is 0. The zero-order valence-corrected chi connectivity index (χ0v) is 9.93. The largest absolute Gasteiger partial charge is 0.460 e. The van der Waals surface area contributed by atoms with E-state index in [-0.39, 0.29) is 5.97 Å². The predicted octanol–water partition coefficient (Wildman–Crippen LogP) is 1.79. The normalized spacial score (nSPS) is 13.7. The fourth-order valence-corrected chi connectivity index (χ4v) is 2.03. The first-order valence-corrected chi connectivity index (χ1v) is 5.37. The third kappa shape index (κ3) is 1.82. The summed E-state index contributed by atoms with van der Waals surface area (Å²) in [4.78, 5) is 15.8. The highest BCUT2D eigenvalue weighted by Crippen LogP contribution is 2.34. The Kier molecular flexibility index (Phi) is 2.61. The van der Waals surface area contributed by atoms with Gasteiger partial charge in [-0.05, 0) is 35.2 Å². The summed E-state index contributed by atoms with van der Waals surface area (Å²) in [6, 6.07) is 0. The first kappa shape index (κ1) is 10.4. The molecule has 0 amide bonds. The van der Waals surface area contributed by atoms with E-state index in [1.54, 1.807) is 11.3 Å². The molecule has 0 spiro atoms. The van der Waals surface area contributed by atoms with Crippen molar-refractivity contribution in [1.82, 2.24) is 9.32 Å². The summed E-state index contributed by atoms with van der Waals surface area (Å²) in [6.07, 6.45) is 3.10. The van der Waals surface area contributed by atoms with Gasteiger partial charge in [-0.15, -0.1) is 0 Å². The van der Waals surface area contributed by atoms with Gasteiger partial charge in [0.1, 0.15) is 0 Å². The van der Waals surface area contributed by atoms with Gasteiger partial charge in [0.05, 0.1) is 18.0 Å². The number of carbonyl (C=O) groups is 1. The van der Waals surface area contributed by atoms with Crippen LogP contribution < -0.4 is 0 Å². The van der Waals surface area contributed by atoms with Crippen LogP contribution in [0.5, 0.6) is 0 Å². The number of hydrogen-bond donors (Lipinski definition) is 0. The Labute approximate surface area is 90.6 Å². The quantitative estimate of drug-likeness (QED) is 0.580. The minimum atomic E-state index is -0.372. The summed E-state index contributed by atoms with van der Waals surface area (Å²) in [5, 5.41) is 0. The number of imidazole rings is 1. The molecule has 1 atom stereocenters. The highest BCUT2D eigenvalue weighted by molar-refractivity contribution is 7.14. The molecule has 1 unspecified atom stereocenters. The Morgan fingerprint density at radius 2 is 2.40 bits per heavy atom. The van der Waals surface area contributed by atoms with Crippen LogP contribution >= 0.6 is 9.39 Å². The maximum absolute atomic E-state index is 11.5. The molecule has 1 aromatic heterocycles. The lowest BCUT2D eigenvalue weighted by atomic mass is 10.3. The van der Waals surface area contributed by atoms with E-state index in [0.717, 1.165) is 17.8 Å². The zero-order valence-electron chi connectivity index (χ0n) is 8.78.